The summed E-state index contributed by atoms with van der Waals surface area (Å²) in [4.78, 5) is 1.61. The molecule has 0 saturated heterocycles. The average molecular weight is 273 g/mol. The Balaban J connectivity index is 2.03. The maximum atomic E-state index is 5.44. The van der Waals surface area contributed by atoms with Crippen molar-refractivity contribution in [3.05, 3.63) is 14.3 Å². The number of hydrogen-bond donors (Lipinski definition) is 0. The van der Waals surface area contributed by atoms with Crippen molar-refractivity contribution in [2.75, 3.05) is 0 Å². The van der Waals surface area contributed by atoms with E-state index in [1.54, 1.807) is 4.88 Å². The van der Waals surface area contributed by atoms with Crippen molar-refractivity contribution in [1.82, 2.24) is 0 Å². The first-order valence-corrected chi connectivity index (χ1v) is 9.04. The van der Waals surface area contributed by atoms with E-state index < -0.39 is 0 Å². The lowest BCUT2D eigenvalue weighted by Crippen LogP contribution is -1.93. The molecule has 1 aliphatic carbocycles. The van der Waals surface area contributed by atoms with Crippen LogP contribution >= 0.6 is 32.9 Å². The van der Waals surface area contributed by atoms with E-state index in [-0.39, 0.29) is 0 Å². The fourth-order valence-electron chi connectivity index (χ4n) is 2.38. The molecular formula is C13H20S3. The standard InChI is InChI=1S/C13H20S3/c14-13-11-9-7-5-3-1-2-4-6-8-10-12(11)15-16-13/h1-10H2. The molecule has 90 valence electrons. The summed E-state index contributed by atoms with van der Waals surface area (Å²) in [5.74, 6) is 0. The van der Waals surface area contributed by atoms with Crippen molar-refractivity contribution < 1.29 is 0 Å². The summed E-state index contributed by atoms with van der Waals surface area (Å²) in [7, 11) is 3.76. The Kier molecular flexibility index (Phi) is 5.46. The van der Waals surface area contributed by atoms with E-state index in [2.05, 4.69) is 0 Å². The number of aryl methyl sites for hydroxylation is 1. The zero-order valence-corrected chi connectivity index (χ0v) is 12.2. The third-order valence-corrected chi connectivity index (χ3v) is 6.68. The van der Waals surface area contributed by atoms with Crippen molar-refractivity contribution in [3.8, 4) is 0 Å². The van der Waals surface area contributed by atoms with Gasteiger partial charge in [0.15, 0.2) is 0 Å². The Morgan fingerprint density at radius 1 is 0.688 bits per heavy atom. The van der Waals surface area contributed by atoms with Gasteiger partial charge in [0, 0.05) is 4.88 Å². The highest BCUT2D eigenvalue weighted by Crippen LogP contribution is 2.29. The summed E-state index contributed by atoms with van der Waals surface area (Å²) in [6.07, 6.45) is 13.8. The Hall–Kier alpha value is 0.270. The molecule has 1 aromatic rings. The quantitative estimate of drug-likeness (QED) is 0.427. The van der Waals surface area contributed by atoms with Gasteiger partial charge in [-0.3, -0.25) is 0 Å². The lowest BCUT2D eigenvalue weighted by Gasteiger charge is -2.06. The van der Waals surface area contributed by atoms with Crippen molar-refractivity contribution in [2.45, 2.75) is 64.2 Å². The summed E-state index contributed by atoms with van der Waals surface area (Å²) >= 11 is 5.44. The van der Waals surface area contributed by atoms with E-state index in [9.17, 15) is 0 Å². The minimum absolute atomic E-state index is 1.18. The van der Waals surface area contributed by atoms with E-state index in [1.165, 1.54) is 73.6 Å². The van der Waals surface area contributed by atoms with Gasteiger partial charge in [0.05, 0.1) is 0 Å². The SMILES string of the molecule is S=c1ssc2c1CCCCCCCCCC2. The van der Waals surface area contributed by atoms with Gasteiger partial charge in [-0.1, -0.05) is 71.4 Å². The third kappa shape index (κ3) is 3.64. The van der Waals surface area contributed by atoms with E-state index in [1.807, 2.05) is 20.7 Å². The van der Waals surface area contributed by atoms with Gasteiger partial charge in [-0.15, -0.1) is 0 Å². The monoisotopic (exact) mass is 272 g/mol. The summed E-state index contributed by atoms with van der Waals surface area (Å²) in [5.41, 5.74) is 1.53. The highest BCUT2D eigenvalue weighted by atomic mass is 32.9. The lowest BCUT2D eigenvalue weighted by atomic mass is 10.0. The van der Waals surface area contributed by atoms with Crippen LogP contribution in [0, 0.1) is 3.82 Å². The Bertz CT molecular complexity index is 361. The second kappa shape index (κ2) is 6.87. The largest absolute Gasteiger partial charge is 0.105 e. The van der Waals surface area contributed by atoms with Gasteiger partial charge in [-0.25, -0.2) is 0 Å². The molecule has 0 atom stereocenters. The molecule has 1 aromatic heterocycles. The first-order chi connectivity index (χ1) is 7.88. The van der Waals surface area contributed by atoms with Gasteiger partial charge in [-0.05, 0) is 31.2 Å². The normalized spacial score (nSPS) is 19.5. The summed E-state index contributed by atoms with van der Waals surface area (Å²) in [6, 6.07) is 0. The predicted molar refractivity (Wildman–Crippen MR) is 77.4 cm³/mol. The van der Waals surface area contributed by atoms with Crippen LogP contribution in [0.4, 0.5) is 0 Å². The summed E-state index contributed by atoms with van der Waals surface area (Å²) in [6.45, 7) is 0. The molecule has 0 fully saturated rings. The third-order valence-electron chi connectivity index (χ3n) is 3.38. The molecule has 0 saturated carbocycles. The topological polar surface area (TPSA) is 0 Å². The number of rotatable bonds is 0. The van der Waals surface area contributed by atoms with Crippen LogP contribution in [0.5, 0.6) is 0 Å². The predicted octanol–water partition coefficient (Wildman–Crippen LogP) is 5.76. The first-order valence-electron chi connectivity index (χ1n) is 6.49. The lowest BCUT2D eigenvalue weighted by molar-refractivity contribution is 0.561. The molecule has 0 aliphatic heterocycles. The van der Waals surface area contributed by atoms with Crippen LogP contribution in [-0.4, -0.2) is 0 Å². The molecule has 0 spiro atoms. The van der Waals surface area contributed by atoms with Crippen LogP contribution in [0.15, 0.2) is 0 Å². The Labute approximate surface area is 111 Å². The Morgan fingerprint density at radius 3 is 1.94 bits per heavy atom. The fraction of sp³-hybridized carbons (Fsp3) is 0.769. The van der Waals surface area contributed by atoms with Crippen LogP contribution in [-0.2, 0) is 12.8 Å². The molecule has 1 heterocycles. The van der Waals surface area contributed by atoms with E-state index >= 15 is 0 Å². The number of fused-ring (bicyclic) bond motifs is 1. The van der Waals surface area contributed by atoms with Crippen molar-refractivity contribution in [1.29, 1.82) is 0 Å². The second-order valence-corrected chi connectivity index (χ2v) is 7.59. The molecule has 0 amide bonds. The van der Waals surface area contributed by atoms with Crippen LogP contribution in [0.1, 0.15) is 61.8 Å². The molecule has 2 rings (SSSR count). The van der Waals surface area contributed by atoms with E-state index in [0.717, 1.165) is 0 Å². The van der Waals surface area contributed by atoms with Crippen LogP contribution in [0.2, 0.25) is 0 Å². The maximum absolute atomic E-state index is 5.44. The average Bonchev–Trinajstić information content (AvgIpc) is 2.60. The van der Waals surface area contributed by atoms with Gasteiger partial charge in [-0.2, -0.15) is 0 Å². The zero-order chi connectivity index (χ0) is 11.2. The summed E-state index contributed by atoms with van der Waals surface area (Å²) < 4.78 is 1.18. The van der Waals surface area contributed by atoms with E-state index in [4.69, 9.17) is 12.2 Å². The van der Waals surface area contributed by atoms with Gasteiger partial charge < -0.3 is 0 Å². The molecule has 0 radical (unpaired) electrons. The summed E-state index contributed by atoms with van der Waals surface area (Å²) in [5, 5.41) is 0. The van der Waals surface area contributed by atoms with Gasteiger partial charge in [0.1, 0.15) is 3.82 Å². The van der Waals surface area contributed by atoms with Crippen LogP contribution < -0.4 is 0 Å². The zero-order valence-electron chi connectivity index (χ0n) is 9.80. The highest BCUT2D eigenvalue weighted by molar-refractivity contribution is 7.79. The number of hydrogen-bond acceptors (Lipinski definition) is 3. The first kappa shape index (κ1) is 12.7. The molecule has 3 heteroatoms. The Morgan fingerprint density at radius 2 is 1.25 bits per heavy atom. The molecular weight excluding hydrogens is 252 g/mol. The minimum atomic E-state index is 1.18. The molecule has 0 N–H and O–H groups in total. The smallest absolute Gasteiger partial charge is 0.0834 e. The van der Waals surface area contributed by atoms with Crippen LogP contribution in [0.3, 0.4) is 0 Å². The van der Waals surface area contributed by atoms with Gasteiger partial charge >= 0.3 is 0 Å². The van der Waals surface area contributed by atoms with Crippen molar-refractivity contribution >= 4 is 32.9 Å². The molecule has 0 unspecified atom stereocenters. The second-order valence-electron chi connectivity index (χ2n) is 4.68. The van der Waals surface area contributed by atoms with Crippen LogP contribution in [0.25, 0.3) is 0 Å². The van der Waals surface area contributed by atoms with Crippen molar-refractivity contribution in [2.24, 2.45) is 0 Å². The van der Waals surface area contributed by atoms with Crippen molar-refractivity contribution in [3.63, 3.8) is 0 Å². The molecule has 1 aliphatic rings. The molecule has 16 heavy (non-hydrogen) atoms. The highest BCUT2D eigenvalue weighted by Gasteiger charge is 2.08. The molecule has 0 nitrogen and oxygen atoms in total. The minimum Gasteiger partial charge on any atom is -0.0834 e. The molecule has 0 aromatic carbocycles. The molecule has 0 bridgehead atoms. The maximum Gasteiger partial charge on any atom is 0.105 e. The van der Waals surface area contributed by atoms with E-state index in [0.29, 0.717) is 0 Å². The van der Waals surface area contributed by atoms with Gasteiger partial charge in [0.2, 0.25) is 0 Å². The fourth-order valence-corrected chi connectivity index (χ4v) is 5.46. The van der Waals surface area contributed by atoms with Gasteiger partial charge in [0.25, 0.3) is 0 Å².